The first-order valence-electron chi connectivity index (χ1n) is 9.76. The van der Waals surface area contributed by atoms with Gasteiger partial charge in [-0.15, -0.1) is 0 Å². The number of methoxy groups -OCH3 is 1. The van der Waals surface area contributed by atoms with Gasteiger partial charge in [0.25, 0.3) is 0 Å². The molecule has 15 heteroatoms. The Bertz CT molecular complexity index is 924. The van der Waals surface area contributed by atoms with Crippen molar-refractivity contribution in [3.05, 3.63) is 18.2 Å². The fraction of sp³-hybridized carbons (Fsp3) is 0.529. The van der Waals surface area contributed by atoms with E-state index in [1.807, 2.05) is 0 Å². The van der Waals surface area contributed by atoms with Crippen LogP contribution in [0.4, 0.5) is 11.4 Å². The molecule has 0 heterocycles. The molecule has 1 rings (SSSR count). The van der Waals surface area contributed by atoms with Gasteiger partial charge < -0.3 is 34.1 Å². The van der Waals surface area contributed by atoms with Crippen molar-refractivity contribution in [1.82, 2.24) is 9.34 Å². The van der Waals surface area contributed by atoms with E-state index in [9.17, 15) is 28.7 Å². The number of rotatable bonds is 9. The molecule has 0 amide bonds. The lowest BCUT2D eigenvalue weighted by atomic mass is 10.2. The summed E-state index contributed by atoms with van der Waals surface area (Å²) in [5, 5.41) is -0.101. The number of ether oxygens (including phenoxy) is 1. The predicted molar refractivity (Wildman–Crippen MR) is 133 cm³/mol. The molecule has 0 spiro atoms. The standard InChI is InChI=1S/C17H30N4O7P2S2/c1-6-18(16(31)20(8-3)29(22,23)24)13-10-11-14(15(12-13)28-5)19(7-2)17(32)21(9-4)30(25,26)27/h10-12H,6-9H2,1-5H3,(H2,22,23,24)(H2,25,26,27). The lowest BCUT2D eigenvalue weighted by Crippen LogP contribution is -2.42. The molecule has 1 aromatic carbocycles. The Morgan fingerprint density at radius 3 is 1.62 bits per heavy atom. The molecule has 0 unspecified atom stereocenters. The second-order valence-corrected chi connectivity index (χ2v) is 10.1. The third-order valence-electron chi connectivity index (χ3n) is 4.53. The largest absolute Gasteiger partial charge is 0.494 e. The molecule has 11 nitrogen and oxygen atoms in total. The summed E-state index contributed by atoms with van der Waals surface area (Å²) < 4.78 is 30.8. The highest BCUT2D eigenvalue weighted by Gasteiger charge is 2.32. The van der Waals surface area contributed by atoms with Crippen LogP contribution >= 0.6 is 39.9 Å². The number of benzene rings is 1. The maximum Gasteiger partial charge on any atom is 0.431 e. The van der Waals surface area contributed by atoms with E-state index in [0.717, 1.165) is 9.34 Å². The number of anilines is 2. The first-order valence-corrected chi connectivity index (χ1v) is 13.7. The monoisotopic (exact) mass is 528 g/mol. The maximum atomic E-state index is 11.8. The summed E-state index contributed by atoms with van der Waals surface area (Å²) in [7, 11) is -7.78. The van der Waals surface area contributed by atoms with Crippen LogP contribution in [0.5, 0.6) is 5.75 Å². The Balaban J connectivity index is 3.45. The fourth-order valence-electron chi connectivity index (χ4n) is 3.03. The summed E-state index contributed by atoms with van der Waals surface area (Å²) in [6.07, 6.45) is 0. The van der Waals surface area contributed by atoms with E-state index < -0.39 is 15.5 Å². The zero-order valence-corrected chi connectivity index (χ0v) is 22.0. The fourth-order valence-corrected chi connectivity index (χ4v) is 5.79. The van der Waals surface area contributed by atoms with Gasteiger partial charge in [0.1, 0.15) is 5.75 Å². The van der Waals surface area contributed by atoms with E-state index in [4.69, 9.17) is 29.2 Å². The number of hydrogen-bond acceptors (Lipinski definition) is 5. The molecule has 0 aliphatic heterocycles. The van der Waals surface area contributed by atoms with Crippen LogP contribution in [-0.2, 0) is 9.13 Å². The van der Waals surface area contributed by atoms with E-state index in [1.54, 1.807) is 50.8 Å². The first-order chi connectivity index (χ1) is 14.8. The first kappa shape index (κ1) is 28.7. The van der Waals surface area contributed by atoms with Gasteiger partial charge in [-0.25, -0.2) is 9.13 Å². The van der Waals surface area contributed by atoms with Gasteiger partial charge >= 0.3 is 15.5 Å². The van der Waals surface area contributed by atoms with Gasteiger partial charge in [0.15, 0.2) is 10.2 Å². The Kier molecular flexibility index (Phi) is 10.5. The summed E-state index contributed by atoms with van der Waals surface area (Å²) in [4.78, 5) is 41.5. The Hall–Kier alpha value is -1.30. The lowest BCUT2D eigenvalue weighted by molar-refractivity contribution is 0.317. The second kappa shape index (κ2) is 11.7. The molecule has 32 heavy (non-hydrogen) atoms. The molecule has 0 radical (unpaired) electrons. The molecule has 0 fully saturated rings. The van der Waals surface area contributed by atoms with Crippen LogP contribution in [0.15, 0.2) is 18.2 Å². The minimum absolute atomic E-state index is 0.00706. The normalized spacial score (nSPS) is 11.7. The summed E-state index contributed by atoms with van der Waals surface area (Å²) in [5.41, 5.74) is 0.995. The van der Waals surface area contributed by atoms with Crippen LogP contribution in [0, 0.1) is 0 Å². The number of thiocarbonyl (C=S) groups is 2. The molecule has 1 aromatic rings. The zero-order chi connectivity index (χ0) is 24.9. The van der Waals surface area contributed by atoms with Gasteiger partial charge in [0, 0.05) is 37.9 Å². The lowest BCUT2D eigenvalue weighted by Gasteiger charge is -2.34. The van der Waals surface area contributed by atoms with E-state index >= 15 is 0 Å². The highest BCUT2D eigenvalue weighted by atomic mass is 32.1. The summed E-state index contributed by atoms with van der Waals surface area (Å²) in [6.45, 7) is 7.39. The van der Waals surface area contributed by atoms with Crippen LogP contribution < -0.4 is 14.5 Å². The number of nitrogens with zero attached hydrogens (tertiary/aromatic N) is 4. The second-order valence-electron chi connectivity index (χ2n) is 6.37. The highest BCUT2D eigenvalue weighted by molar-refractivity contribution is 7.81. The zero-order valence-electron chi connectivity index (χ0n) is 18.6. The molecule has 4 N–H and O–H groups in total. The van der Waals surface area contributed by atoms with Crippen molar-refractivity contribution < 1.29 is 33.4 Å². The van der Waals surface area contributed by atoms with Crippen molar-refractivity contribution in [2.75, 3.05) is 43.1 Å². The molecule has 0 atom stereocenters. The molecule has 0 aliphatic rings. The topological polar surface area (TPSA) is 137 Å². The molecule has 0 aromatic heterocycles. The van der Waals surface area contributed by atoms with Crippen LogP contribution in [-0.4, -0.2) is 72.4 Å². The Labute approximate surface area is 199 Å². The van der Waals surface area contributed by atoms with Gasteiger partial charge in [0.2, 0.25) is 0 Å². The minimum atomic E-state index is -4.61. The quantitative estimate of drug-likeness (QED) is 0.276. The van der Waals surface area contributed by atoms with Crippen molar-refractivity contribution in [2.24, 2.45) is 0 Å². The molecular formula is C17H30N4O7P2S2. The molecule has 0 bridgehead atoms. The Morgan fingerprint density at radius 2 is 1.28 bits per heavy atom. The van der Waals surface area contributed by atoms with Crippen molar-refractivity contribution in [2.45, 2.75) is 27.7 Å². The van der Waals surface area contributed by atoms with E-state index in [-0.39, 0.29) is 23.3 Å². The van der Waals surface area contributed by atoms with Crippen molar-refractivity contribution in [3.63, 3.8) is 0 Å². The van der Waals surface area contributed by atoms with E-state index in [0.29, 0.717) is 30.2 Å². The summed E-state index contributed by atoms with van der Waals surface area (Å²) in [6, 6.07) is 4.94. The van der Waals surface area contributed by atoms with Crippen LogP contribution in [0.1, 0.15) is 27.7 Å². The summed E-state index contributed by atoms with van der Waals surface area (Å²) in [5.74, 6) is 0.342. The van der Waals surface area contributed by atoms with E-state index in [2.05, 4.69) is 0 Å². The molecule has 182 valence electrons. The van der Waals surface area contributed by atoms with Crippen molar-refractivity contribution >= 4 is 61.5 Å². The van der Waals surface area contributed by atoms with E-state index in [1.165, 1.54) is 12.0 Å². The summed E-state index contributed by atoms with van der Waals surface area (Å²) >= 11 is 10.7. The van der Waals surface area contributed by atoms with Gasteiger partial charge in [-0.1, -0.05) is 0 Å². The highest BCUT2D eigenvalue weighted by Crippen LogP contribution is 2.43. The smallest absolute Gasteiger partial charge is 0.431 e. The van der Waals surface area contributed by atoms with Crippen LogP contribution in [0.3, 0.4) is 0 Å². The van der Waals surface area contributed by atoms with Crippen molar-refractivity contribution in [1.29, 1.82) is 0 Å². The van der Waals surface area contributed by atoms with Gasteiger partial charge in [-0.2, -0.15) is 0 Å². The van der Waals surface area contributed by atoms with Gasteiger partial charge in [-0.05, 0) is 64.3 Å². The van der Waals surface area contributed by atoms with Crippen LogP contribution in [0.2, 0.25) is 0 Å². The van der Waals surface area contributed by atoms with Gasteiger partial charge in [-0.3, -0.25) is 9.34 Å². The predicted octanol–water partition coefficient (Wildman–Crippen LogP) is 2.75. The third-order valence-corrected chi connectivity index (χ3v) is 7.88. The average molecular weight is 529 g/mol. The molecule has 0 saturated heterocycles. The molecule has 0 aliphatic carbocycles. The molecular weight excluding hydrogens is 498 g/mol. The third kappa shape index (κ3) is 6.61. The SMILES string of the molecule is CCN(C(=S)N(CC)P(=O)(O)O)c1ccc(N(CC)C(=S)N(CC)P(=O)(O)O)c(OC)c1. The van der Waals surface area contributed by atoms with Gasteiger partial charge in [0.05, 0.1) is 12.8 Å². The minimum Gasteiger partial charge on any atom is -0.494 e. The Morgan fingerprint density at radius 1 is 0.844 bits per heavy atom. The maximum absolute atomic E-state index is 11.8. The average Bonchev–Trinajstić information content (AvgIpc) is 2.68. The van der Waals surface area contributed by atoms with Crippen LogP contribution in [0.25, 0.3) is 0 Å². The van der Waals surface area contributed by atoms with Crippen molar-refractivity contribution in [3.8, 4) is 5.75 Å². The number of hydrogen-bond donors (Lipinski definition) is 4. The molecule has 0 saturated carbocycles.